The second-order valence-electron chi connectivity index (χ2n) is 7.69. The summed E-state index contributed by atoms with van der Waals surface area (Å²) in [5.41, 5.74) is 0.714. The van der Waals surface area contributed by atoms with E-state index in [1.165, 1.54) is 10.5 Å². The van der Waals surface area contributed by atoms with E-state index >= 15 is 0 Å². The van der Waals surface area contributed by atoms with Gasteiger partial charge < -0.3 is 14.0 Å². The van der Waals surface area contributed by atoms with Crippen LogP contribution < -0.4 is 11.0 Å². The number of hydrogen-bond acceptors (Lipinski definition) is 6. The van der Waals surface area contributed by atoms with Crippen molar-refractivity contribution < 1.29 is 19.1 Å². The third-order valence-corrected chi connectivity index (χ3v) is 5.39. The Morgan fingerprint density at radius 2 is 2.16 bits per heavy atom. The Morgan fingerprint density at radius 3 is 2.88 bits per heavy atom. The molecule has 3 aromatic heterocycles. The Morgan fingerprint density at radius 1 is 1.31 bits per heavy atom. The van der Waals surface area contributed by atoms with Gasteiger partial charge in [-0.3, -0.25) is 14.0 Å². The molecule has 4 heterocycles. The lowest BCUT2D eigenvalue weighted by Gasteiger charge is -2.18. The van der Waals surface area contributed by atoms with E-state index in [4.69, 9.17) is 9.47 Å². The van der Waals surface area contributed by atoms with Crippen molar-refractivity contribution in [3.8, 4) is 0 Å². The molecule has 9 heteroatoms. The molecular weight excluding hydrogens is 412 g/mol. The number of carbonyl (C=O) groups excluding carboxylic acids is 2. The fraction of sp³-hybridized carbons (Fsp3) is 0.435. The van der Waals surface area contributed by atoms with Crippen LogP contribution in [0.5, 0.6) is 0 Å². The molecule has 4 rings (SSSR count). The molecule has 1 aliphatic heterocycles. The third kappa shape index (κ3) is 4.20. The highest BCUT2D eigenvalue weighted by Crippen LogP contribution is 2.17. The molecular formula is C23H26N4O5. The molecule has 3 aromatic rings. The van der Waals surface area contributed by atoms with E-state index in [9.17, 15) is 14.4 Å². The summed E-state index contributed by atoms with van der Waals surface area (Å²) < 4.78 is 14.1. The molecule has 9 nitrogen and oxygen atoms in total. The summed E-state index contributed by atoms with van der Waals surface area (Å²) in [5.74, 6) is -0.993. The number of aromatic nitrogens is 3. The molecule has 1 atom stereocenters. The topological polar surface area (TPSA) is 104 Å². The molecule has 1 saturated heterocycles. The van der Waals surface area contributed by atoms with Crippen molar-refractivity contribution in [1.29, 1.82) is 0 Å². The normalized spacial score (nSPS) is 16.7. The maximum atomic E-state index is 13.3. The van der Waals surface area contributed by atoms with Crippen molar-refractivity contribution in [3.63, 3.8) is 0 Å². The summed E-state index contributed by atoms with van der Waals surface area (Å²) in [6.07, 6.45) is 4.11. The number of esters is 1. The van der Waals surface area contributed by atoms with Crippen LogP contribution >= 0.6 is 0 Å². The molecule has 32 heavy (non-hydrogen) atoms. The Labute approximate surface area is 184 Å². The van der Waals surface area contributed by atoms with Gasteiger partial charge in [0, 0.05) is 19.2 Å². The third-order valence-electron chi connectivity index (χ3n) is 5.39. The summed E-state index contributed by atoms with van der Waals surface area (Å²) in [6.45, 7) is 4.69. The van der Waals surface area contributed by atoms with Gasteiger partial charge in [-0.2, -0.15) is 4.99 Å². The zero-order valence-corrected chi connectivity index (χ0v) is 18.2. The number of pyridine rings is 2. The highest BCUT2D eigenvalue weighted by atomic mass is 16.5. The van der Waals surface area contributed by atoms with Crippen LogP contribution in [0.4, 0.5) is 0 Å². The van der Waals surface area contributed by atoms with Gasteiger partial charge in [-0.05, 0) is 44.4 Å². The molecule has 0 radical (unpaired) electrons. The highest BCUT2D eigenvalue weighted by Gasteiger charge is 2.23. The predicted octanol–water partition coefficient (Wildman–Crippen LogP) is 2.23. The maximum Gasteiger partial charge on any atom is 0.341 e. The van der Waals surface area contributed by atoms with E-state index in [1.54, 1.807) is 35.9 Å². The Kier molecular flexibility index (Phi) is 6.45. The van der Waals surface area contributed by atoms with Crippen LogP contribution in [-0.2, 0) is 20.8 Å². The van der Waals surface area contributed by atoms with Gasteiger partial charge in [0.15, 0.2) is 5.49 Å². The van der Waals surface area contributed by atoms with E-state index < -0.39 is 5.97 Å². The molecule has 1 amide bonds. The summed E-state index contributed by atoms with van der Waals surface area (Å²) in [5, 5.41) is 0.247. The molecule has 168 valence electrons. The second-order valence-corrected chi connectivity index (χ2v) is 7.69. The molecule has 1 aliphatic rings. The van der Waals surface area contributed by atoms with Gasteiger partial charge >= 0.3 is 5.97 Å². The van der Waals surface area contributed by atoms with E-state index in [0.717, 1.165) is 12.8 Å². The van der Waals surface area contributed by atoms with Crippen LogP contribution in [0.1, 0.15) is 49.9 Å². The van der Waals surface area contributed by atoms with Crippen molar-refractivity contribution in [1.82, 2.24) is 14.0 Å². The molecule has 0 N–H and O–H groups in total. The number of carbonyl (C=O) groups is 2. The van der Waals surface area contributed by atoms with Crippen LogP contribution in [0.3, 0.4) is 0 Å². The quantitative estimate of drug-likeness (QED) is 0.432. The second kappa shape index (κ2) is 9.44. The summed E-state index contributed by atoms with van der Waals surface area (Å²) in [4.78, 5) is 47.6. The molecule has 0 aromatic carbocycles. The first-order valence-corrected chi connectivity index (χ1v) is 10.9. The Balaban J connectivity index is 2.10. The highest BCUT2D eigenvalue weighted by molar-refractivity contribution is 5.93. The van der Waals surface area contributed by atoms with E-state index in [0.29, 0.717) is 30.9 Å². The van der Waals surface area contributed by atoms with Crippen molar-refractivity contribution in [2.24, 2.45) is 4.99 Å². The zero-order chi connectivity index (χ0) is 22.7. The van der Waals surface area contributed by atoms with Crippen molar-refractivity contribution in [2.75, 3.05) is 13.2 Å². The lowest BCUT2D eigenvalue weighted by Crippen LogP contribution is -2.35. The molecule has 0 aliphatic carbocycles. The molecule has 0 bridgehead atoms. The van der Waals surface area contributed by atoms with Crippen LogP contribution in [-0.4, -0.2) is 45.1 Å². The number of ether oxygens (including phenoxy) is 2. The molecule has 0 spiro atoms. The smallest absolute Gasteiger partial charge is 0.341 e. The van der Waals surface area contributed by atoms with Crippen molar-refractivity contribution in [2.45, 2.75) is 52.2 Å². The predicted molar refractivity (Wildman–Crippen MR) is 117 cm³/mol. The molecule has 0 saturated carbocycles. The van der Waals surface area contributed by atoms with Gasteiger partial charge in [-0.15, -0.1) is 0 Å². The minimum Gasteiger partial charge on any atom is -0.462 e. The first-order chi connectivity index (χ1) is 15.5. The number of fused-ring (bicyclic) bond motifs is 2. The van der Waals surface area contributed by atoms with Crippen LogP contribution in [0, 0.1) is 0 Å². The van der Waals surface area contributed by atoms with Crippen molar-refractivity contribution >= 4 is 28.6 Å². The van der Waals surface area contributed by atoms with Gasteiger partial charge in [0.25, 0.3) is 5.56 Å². The summed E-state index contributed by atoms with van der Waals surface area (Å²) in [6, 6.07) is 6.70. The van der Waals surface area contributed by atoms with Gasteiger partial charge in [-0.25, -0.2) is 9.78 Å². The van der Waals surface area contributed by atoms with Gasteiger partial charge in [0.1, 0.15) is 16.9 Å². The maximum absolute atomic E-state index is 13.3. The molecule has 1 fully saturated rings. The standard InChI is InChI=1S/C23H26N4O5/c1-3-8-19(28)25-21-17(23(30)31-4-2)13-16-20(27(21)14-15-9-7-12-32-15)24-18-10-5-6-11-26(18)22(16)29/h5-6,10-11,13,15H,3-4,7-9,12,14H2,1-2H3/t15-/m0/s1. The first-order valence-electron chi connectivity index (χ1n) is 10.9. The fourth-order valence-corrected chi connectivity index (χ4v) is 3.91. The average molecular weight is 438 g/mol. The Bertz CT molecular complexity index is 1300. The van der Waals surface area contributed by atoms with E-state index in [-0.39, 0.29) is 47.0 Å². The van der Waals surface area contributed by atoms with E-state index in [1.807, 2.05) is 6.92 Å². The average Bonchev–Trinajstić information content (AvgIpc) is 3.29. The fourth-order valence-electron chi connectivity index (χ4n) is 3.91. The first kappa shape index (κ1) is 21.9. The Hall–Kier alpha value is -3.33. The number of rotatable bonds is 6. The zero-order valence-electron chi connectivity index (χ0n) is 18.2. The molecule has 0 unspecified atom stereocenters. The monoisotopic (exact) mass is 438 g/mol. The summed E-state index contributed by atoms with van der Waals surface area (Å²) >= 11 is 0. The van der Waals surface area contributed by atoms with E-state index in [2.05, 4.69) is 9.98 Å². The SMILES string of the molecule is CCCC(=O)N=c1c(C(=O)OCC)cc2c(=O)n3ccccc3nc2n1C[C@@H]1CCCO1. The van der Waals surface area contributed by atoms with Crippen LogP contribution in [0.15, 0.2) is 40.2 Å². The summed E-state index contributed by atoms with van der Waals surface area (Å²) in [7, 11) is 0. The lowest BCUT2D eigenvalue weighted by atomic mass is 10.2. The van der Waals surface area contributed by atoms with Gasteiger partial charge in [-0.1, -0.05) is 13.0 Å². The minimum atomic E-state index is -0.643. The van der Waals surface area contributed by atoms with Crippen LogP contribution in [0.2, 0.25) is 0 Å². The number of amides is 1. The van der Waals surface area contributed by atoms with Crippen LogP contribution in [0.25, 0.3) is 16.7 Å². The van der Waals surface area contributed by atoms with Crippen molar-refractivity contribution in [3.05, 3.63) is 51.9 Å². The largest absolute Gasteiger partial charge is 0.462 e. The lowest BCUT2D eigenvalue weighted by molar-refractivity contribution is -0.118. The van der Waals surface area contributed by atoms with Gasteiger partial charge in [0.05, 0.1) is 24.6 Å². The van der Waals surface area contributed by atoms with Gasteiger partial charge in [0.2, 0.25) is 5.91 Å². The number of nitrogens with zero attached hydrogens (tertiary/aromatic N) is 4. The number of hydrogen-bond donors (Lipinski definition) is 0. The minimum absolute atomic E-state index is 0.0663.